The summed E-state index contributed by atoms with van der Waals surface area (Å²) in [7, 11) is 2.78. The number of rotatable bonds is 0. The fraction of sp³-hybridized carbons (Fsp3) is 1.00. The van der Waals surface area contributed by atoms with Crippen molar-refractivity contribution in [3.8, 4) is 0 Å². The fourth-order valence-corrected chi connectivity index (χ4v) is 0. The summed E-state index contributed by atoms with van der Waals surface area (Å²) in [5.41, 5.74) is 0.623. The molecule has 8 heavy (non-hydrogen) atoms. The number of hydrogen-bond acceptors (Lipinski definition) is 0. The van der Waals surface area contributed by atoms with Gasteiger partial charge in [0.15, 0.2) is 0 Å². The van der Waals surface area contributed by atoms with Crippen molar-refractivity contribution in [2.45, 2.75) is 25.9 Å². The van der Waals surface area contributed by atoms with Crippen LogP contribution in [0.4, 0.5) is 0 Å². The normalized spacial score (nSPS) is 15.4. The molecule has 0 N–H and O–H groups in total. The van der Waals surface area contributed by atoms with Crippen LogP contribution in [-0.4, -0.2) is 20.5 Å². The zero-order valence-electron chi connectivity index (χ0n) is 6.43. The first-order valence-electron chi connectivity index (χ1n) is 2.94. The summed E-state index contributed by atoms with van der Waals surface area (Å²) in [6.45, 7) is 6.99. The van der Waals surface area contributed by atoms with Crippen LogP contribution in [0.1, 0.15) is 20.8 Å². The van der Waals surface area contributed by atoms with Crippen molar-refractivity contribution in [2.24, 2.45) is 5.41 Å². The Morgan fingerprint density at radius 2 is 1.25 bits per heavy atom. The molecule has 0 aromatic heterocycles. The Balaban J connectivity index is 0. The third-order valence-electron chi connectivity index (χ3n) is 1.73. The van der Waals surface area contributed by atoms with Gasteiger partial charge >= 0.3 is 0 Å². The quantitative estimate of drug-likeness (QED) is 0.450. The van der Waals surface area contributed by atoms with Crippen molar-refractivity contribution in [1.29, 1.82) is 0 Å². The molecule has 0 spiro atoms. The van der Waals surface area contributed by atoms with Crippen molar-refractivity contribution >= 4 is 20.5 Å². The van der Waals surface area contributed by atoms with E-state index in [0.29, 0.717) is 5.41 Å². The third-order valence-corrected chi connectivity index (χ3v) is 5.20. The molecule has 0 aliphatic heterocycles. The van der Waals surface area contributed by atoms with Gasteiger partial charge in [0.05, 0.1) is 0 Å². The van der Waals surface area contributed by atoms with Gasteiger partial charge in [0, 0.05) is 37.6 Å². The zero-order chi connectivity index (χ0) is 6.08. The van der Waals surface area contributed by atoms with E-state index < -0.39 is 0 Å². The van der Waals surface area contributed by atoms with Gasteiger partial charge in [0.1, 0.15) is 0 Å². The topological polar surface area (TPSA) is 0 Å². The van der Waals surface area contributed by atoms with E-state index in [9.17, 15) is 0 Å². The van der Waals surface area contributed by atoms with Gasteiger partial charge in [-0.3, -0.25) is 0 Å². The Labute approximate surface area is 69.1 Å². The monoisotopic (exact) mass is 188 g/mol. The van der Waals surface area contributed by atoms with Gasteiger partial charge in [0.2, 0.25) is 0 Å². The largest absolute Gasteiger partial charge is 0.0616 e. The molecule has 0 radical (unpaired) electrons. The second-order valence-corrected chi connectivity index (χ2v) is 9.29. The Bertz CT molecular complexity index is 55.9. The maximum atomic E-state index is 2.33. The van der Waals surface area contributed by atoms with Crippen molar-refractivity contribution in [2.75, 3.05) is 0 Å². The second-order valence-electron chi connectivity index (χ2n) is 3.52. The minimum Gasteiger partial charge on any atom is -0.0616 e. The van der Waals surface area contributed by atoms with Crippen LogP contribution in [0.3, 0.4) is 0 Å². The van der Waals surface area contributed by atoms with Crippen LogP contribution in [0.25, 0.3) is 0 Å². The van der Waals surface area contributed by atoms with Crippen LogP contribution in [0.5, 0.6) is 0 Å². The van der Waals surface area contributed by atoms with Gasteiger partial charge in [-0.25, -0.2) is 0 Å². The molecule has 0 amide bonds. The van der Waals surface area contributed by atoms with Crippen molar-refractivity contribution in [3.63, 3.8) is 0 Å². The van der Waals surface area contributed by atoms with Gasteiger partial charge in [0.25, 0.3) is 0 Å². The molecule has 0 aromatic carbocycles. The molecule has 0 rings (SSSR count). The summed E-state index contributed by atoms with van der Waals surface area (Å²) in [5.74, 6) is 0. The molecule has 0 aromatic rings. The molecule has 0 saturated heterocycles. The molecule has 3 heteroatoms. The van der Waals surface area contributed by atoms with Crippen LogP contribution in [0, 0.1) is 5.41 Å². The Morgan fingerprint density at radius 1 is 1.12 bits per heavy atom. The predicted molar refractivity (Wildman–Crippen MR) is 43.1 cm³/mol. The average Bonchev–Trinajstić information content (AvgIpc) is 1.31. The van der Waals surface area contributed by atoms with Crippen molar-refractivity contribution in [3.05, 3.63) is 0 Å². The zero-order valence-corrected chi connectivity index (χ0v) is 11.5. The molecule has 0 heterocycles. The van der Waals surface area contributed by atoms with Crippen LogP contribution in [-0.2, 0) is 17.1 Å². The van der Waals surface area contributed by atoms with Gasteiger partial charge in [-0.15, -0.1) is 0 Å². The fourth-order valence-electron chi connectivity index (χ4n) is 0. The molecule has 0 atom stereocenters. The van der Waals surface area contributed by atoms with E-state index in [1.54, 1.807) is 0 Å². The Hall–Kier alpha value is 0.953. The molecule has 0 nitrogen and oxygen atoms in total. The molecule has 0 unspecified atom stereocenters. The molecule has 52 valence electrons. The maximum Gasteiger partial charge on any atom is 0.00310 e. The molecule has 0 saturated carbocycles. The van der Waals surface area contributed by atoms with E-state index >= 15 is 0 Å². The first-order chi connectivity index (χ1) is 2.94. The van der Waals surface area contributed by atoms with E-state index in [-0.39, 0.29) is 17.1 Å². The summed E-state index contributed by atoms with van der Waals surface area (Å²) < 4.78 is 0. The molecule has 0 aliphatic carbocycles. The first-order valence-corrected chi connectivity index (χ1v) is 5.25. The summed E-state index contributed by atoms with van der Waals surface area (Å²) >= 11 is 0. The molecule has 0 bridgehead atoms. The third kappa shape index (κ3) is 5.10. The van der Waals surface area contributed by atoms with Gasteiger partial charge in [-0.05, 0) is 5.41 Å². The summed E-state index contributed by atoms with van der Waals surface area (Å²) in [6.07, 6.45) is 0. The minimum absolute atomic E-state index is 0. The van der Waals surface area contributed by atoms with Gasteiger partial charge in [-0.1, -0.05) is 25.9 Å². The summed E-state index contributed by atoms with van der Waals surface area (Å²) in [4.78, 5) is 0. The SMILES string of the molecule is CC(C)(C)C([SiH3])[SiH3].[Fe]. The van der Waals surface area contributed by atoms with E-state index in [0.717, 1.165) is 5.16 Å². The molecule has 0 aliphatic rings. The van der Waals surface area contributed by atoms with E-state index in [4.69, 9.17) is 0 Å². The predicted octanol–water partition coefficient (Wildman–Crippen LogP) is -0.493. The summed E-state index contributed by atoms with van der Waals surface area (Å²) in [5, 5.41) is 1.08. The van der Waals surface area contributed by atoms with Crippen molar-refractivity contribution < 1.29 is 17.1 Å². The maximum absolute atomic E-state index is 2.33. The minimum atomic E-state index is 0. The van der Waals surface area contributed by atoms with Crippen LogP contribution >= 0.6 is 0 Å². The first kappa shape index (κ1) is 11.7. The standard InChI is InChI=1S/C5H16Si2.Fe/c1-5(2,3)4(6)7;/h4H,1-3,6-7H3;. The molecule has 0 fully saturated rings. The summed E-state index contributed by atoms with van der Waals surface area (Å²) in [6, 6.07) is 0. The van der Waals surface area contributed by atoms with E-state index in [1.807, 2.05) is 0 Å². The Kier molecular flexibility index (Phi) is 5.68. The Morgan fingerprint density at radius 3 is 1.25 bits per heavy atom. The van der Waals surface area contributed by atoms with Crippen LogP contribution in [0.15, 0.2) is 0 Å². The molecular weight excluding hydrogens is 172 g/mol. The van der Waals surface area contributed by atoms with E-state index in [2.05, 4.69) is 20.8 Å². The van der Waals surface area contributed by atoms with Crippen molar-refractivity contribution in [1.82, 2.24) is 0 Å². The van der Waals surface area contributed by atoms with E-state index in [1.165, 1.54) is 20.5 Å². The van der Waals surface area contributed by atoms with Crippen LogP contribution < -0.4 is 0 Å². The van der Waals surface area contributed by atoms with Crippen LogP contribution in [0.2, 0.25) is 5.16 Å². The van der Waals surface area contributed by atoms with Gasteiger partial charge in [-0.2, -0.15) is 0 Å². The second kappa shape index (κ2) is 3.88. The number of hydrogen-bond donors (Lipinski definition) is 0. The average molecular weight is 188 g/mol. The molecular formula is C5H16FeSi2. The smallest absolute Gasteiger partial charge is 0.00310 e. The van der Waals surface area contributed by atoms with Gasteiger partial charge < -0.3 is 0 Å².